The monoisotopic (exact) mass is 479 g/mol. The van der Waals surface area contributed by atoms with Crippen LogP contribution in [0.2, 0.25) is 0 Å². The number of nitrogens with zero attached hydrogens (tertiary/aromatic N) is 3. The zero-order valence-corrected chi connectivity index (χ0v) is 21.9. The molecule has 4 aromatic rings. The van der Waals surface area contributed by atoms with Crippen LogP contribution in [-0.2, 0) is 5.41 Å². The Morgan fingerprint density at radius 1 is 0.750 bits per heavy atom. The van der Waals surface area contributed by atoms with E-state index in [4.69, 9.17) is 9.47 Å². The maximum absolute atomic E-state index is 6.25. The van der Waals surface area contributed by atoms with Crippen LogP contribution >= 0.6 is 0 Å². The molecule has 5 heteroatoms. The number of aromatic nitrogens is 1. The third-order valence-electron chi connectivity index (χ3n) is 6.64. The number of benzene rings is 3. The molecule has 0 bridgehead atoms. The summed E-state index contributed by atoms with van der Waals surface area (Å²) in [5.74, 6) is 2.74. The van der Waals surface area contributed by atoms with Gasteiger partial charge in [-0.15, -0.1) is 0 Å². The average Bonchev–Trinajstić information content (AvgIpc) is 3.15. The maximum Gasteiger partial charge on any atom is 0.219 e. The fourth-order valence-corrected chi connectivity index (χ4v) is 4.40. The Hall–Kier alpha value is -3.99. The number of aryl methyl sites for hydroxylation is 2. The van der Waals surface area contributed by atoms with Gasteiger partial charge in [0.15, 0.2) is 0 Å². The summed E-state index contributed by atoms with van der Waals surface area (Å²) >= 11 is 0. The van der Waals surface area contributed by atoms with E-state index in [1.807, 2.05) is 48.5 Å². The molecule has 1 aromatic heterocycles. The van der Waals surface area contributed by atoms with E-state index in [0.29, 0.717) is 17.4 Å². The molecule has 1 aliphatic rings. The summed E-state index contributed by atoms with van der Waals surface area (Å²) in [5, 5.41) is 0. The minimum absolute atomic E-state index is 0.0270. The molecule has 5 nitrogen and oxygen atoms in total. The quantitative estimate of drug-likeness (QED) is 0.289. The second kappa shape index (κ2) is 9.23. The van der Waals surface area contributed by atoms with Crippen LogP contribution in [-0.4, -0.2) is 18.7 Å². The molecule has 5 rings (SSSR count). The molecule has 0 N–H and O–H groups in total. The molecule has 2 heterocycles. The van der Waals surface area contributed by atoms with Gasteiger partial charge < -0.3 is 19.3 Å². The van der Waals surface area contributed by atoms with Crippen LogP contribution < -0.4 is 19.3 Å². The van der Waals surface area contributed by atoms with Crippen molar-refractivity contribution in [3.63, 3.8) is 0 Å². The molecular weight excluding hydrogens is 446 g/mol. The van der Waals surface area contributed by atoms with Gasteiger partial charge in [-0.2, -0.15) is 0 Å². The van der Waals surface area contributed by atoms with Gasteiger partial charge in [0.05, 0.1) is 18.0 Å². The van der Waals surface area contributed by atoms with Crippen LogP contribution in [0, 0.1) is 13.8 Å². The van der Waals surface area contributed by atoms with Crippen LogP contribution in [0.3, 0.4) is 0 Å². The number of pyridine rings is 1. The molecule has 184 valence electrons. The SMILES string of the molecule is Cc1cc2c(cc1C)N(c1cccc(Oc3cccc(Oc4cc(C(C)(C)C)ccn4)c3)c1)CN2C. The van der Waals surface area contributed by atoms with Crippen molar-refractivity contribution in [2.75, 3.05) is 23.5 Å². The summed E-state index contributed by atoms with van der Waals surface area (Å²) in [6.07, 6.45) is 1.79. The van der Waals surface area contributed by atoms with Gasteiger partial charge in [-0.1, -0.05) is 32.9 Å². The van der Waals surface area contributed by atoms with Gasteiger partial charge in [0, 0.05) is 37.1 Å². The Morgan fingerprint density at radius 3 is 2.11 bits per heavy atom. The lowest BCUT2D eigenvalue weighted by Crippen LogP contribution is -2.23. The molecule has 0 unspecified atom stereocenters. The summed E-state index contributed by atoms with van der Waals surface area (Å²) in [4.78, 5) is 8.98. The second-order valence-electron chi connectivity index (χ2n) is 10.5. The maximum atomic E-state index is 6.25. The van der Waals surface area contributed by atoms with E-state index in [2.05, 4.69) is 80.7 Å². The lowest BCUT2D eigenvalue weighted by molar-refractivity contribution is 0.446. The molecule has 0 radical (unpaired) electrons. The van der Waals surface area contributed by atoms with Gasteiger partial charge in [-0.25, -0.2) is 4.98 Å². The molecule has 0 saturated carbocycles. The number of anilines is 3. The van der Waals surface area contributed by atoms with E-state index in [9.17, 15) is 0 Å². The van der Waals surface area contributed by atoms with Gasteiger partial charge in [-0.05, 0) is 78.4 Å². The predicted octanol–water partition coefficient (Wildman–Crippen LogP) is 8.13. The first-order valence-electron chi connectivity index (χ1n) is 12.3. The third-order valence-corrected chi connectivity index (χ3v) is 6.64. The van der Waals surface area contributed by atoms with Crippen LogP contribution in [0.15, 0.2) is 79.0 Å². The first-order chi connectivity index (χ1) is 17.2. The highest BCUT2D eigenvalue weighted by Crippen LogP contribution is 2.42. The molecule has 3 aromatic carbocycles. The van der Waals surface area contributed by atoms with Crippen molar-refractivity contribution < 1.29 is 9.47 Å². The van der Waals surface area contributed by atoms with Crippen molar-refractivity contribution in [1.82, 2.24) is 4.98 Å². The van der Waals surface area contributed by atoms with E-state index in [1.165, 1.54) is 28.1 Å². The molecule has 0 aliphatic carbocycles. The van der Waals surface area contributed by atoms with Crippen LogP contribution in [0.1, 0.15) is 37.5 Å². The fourth-order valence-electron chi connectivity index (χ4n) is 4.40. The van der Waals surface area contributed by atoms with Crippen LogP contribution in [0.25, 0.3) is 0 Å². The van der Waals surface area contributed by atoms with Gasteiger partial charge in [0.25, 0.3) is 0 Å². The molecule has 1 aliphatic heterocycles. The smallest absolute Gasteiger partial charge is 0.219 e. The second-order valence-corrected chi connectivity index (χ2v) is 10.5. The van der Waals surface area contributed by atoms with Crippen LogP contribution in [0.4, 0.5) is 17.1 Å². The standard InChI is InChI=1S/C31H33N3O2/c1-21-15-28-29(16-22(21)2)34(20-33(28)6)24-9-7-10-25(18-24)35-26-11-8-12-27(19-26)36-30-17-23(13-14-32-30)31(3,4)5/h7-19H,20H2,1-6H3. The van der Waals surface area contributed by atoms with Gasteiger partial charge in [0.2, 0.25) is 5.88 Å². The van der Waals surface area contributed by atoms with Crippen molar-refractivity contribution >= 4 is 17.1 Å². The highest BCUT2D eigenvalue weighted by Gasteiger charge is 2.25. The summed E-state index contributed by atoms with van der Waals surface area (Å²) in [6, 6.07) is 24.4. The van der Waals surface area contributed by atoms with Crippen molar-refractivity contribution in [3.05, 3.63) is 95.7 Å². The number of rotatable bonds is 5. The first kappa shape index (κ1) is 23.7. The summed E-state index contributed by atoms with van der Waals surface area (Å²) in [7, 11) is 2.13. The molecule has 0 fully saturated rings. The van der Waals surface area contributed by atoms with E-state index >= 15 is 0 Å². The van der Waals surface area contributed by atoms with Crippen molar-refractivity contribution in [2.45, 2.75) is 40.0 Å². The van der Waals surface area contributed by atoms with Gasteiger partial charge in [-0.3, -0.25) is 0 Å². The molecular formula is C31H33N3O2. The lowest BCUT2D eigenvalue weighted by atomic mass is 9.88. The normalized spacial score (nSPS) is 13.1. The summed E-state index contributed by atoms with van der Waals surface area (Å²) in [6.45, 7) is 11.7. The number of fused-ring (bicyclic) bond motifs is 1. The third kappa shape index (κ3) is 4.87. The fraction of sp³-hybridized carbons (Fsp3) is 0.258. The molecule has 0 spiro atoms. The van der Waals surface area contributed by atoms with E-state index < -0.39 is 0 Å². The number of ether oxygens (including phenoxy) is 2. The van der Waals surface area contributed by atoms with E-state index in [-0.39, 0.29) is 5.41 Å². The Bertz CT molecular complexity index is 1410. The minimum atomic E-state index is 0.0270. The first-order valence-corrected chi connectivity index (χ1v) is 12.3. The minimum Gasteiger partial charge on any atom is -0.457 e. The zero-order valence-electron chi connectivity index (χ0n) is 21.9. The summed E-state index contributed by atoms with van der Waals surface area (Å²) < 4.78 is 12.3. The van der Waals surface area contributed by atoms with Crippen molar-refractivity contribution in [1.29, 1.82) is 0 Å². The molecule has 0 atom stereocenters. The average molecular weight is 480 g/mol. The van der Waals surface area contributed by atoms with E-state index in [0.717, 1.165) is 18.1 Å². The molecule has 0 amide bonds. The van der Waals surface area contributed by atoms with Crippen LogP contribution in [0.5, 0.6) is 23.1 Å². The lowest BCUT2D eigenvalue weighted by Gasteiger charge is -2.20. The van der Waals surface area contributed by atoms with Crippen molar-refractivity contribution in [3.8, 4) is 23.1 Å². The number of hydrogen-bond acceptors (Lipinski definition) is 5. The zero-order chi connectivity index (χ0) is 25.4. The predicted molar refractivity (Wildman–Crippen MR) is 147 cm³/mol. The Morgan fingerprint density at radius 2 is 1.39 bits per heavy atom. The highest BCUT2D eigenvalue weighted by atomic mass is 16.5. The highest BCUT2D eigenvalue weighted by molar-refractivity contribution is 5.83. The van der Waals surface area contributed by atoms with E-state index in [1.54, 1.807) is 6.20 Å². The molecule has 36 heavy (non-hydrogen) atoms. The number of hydrogen-bond donors (Lipinski definition) is 0. The Balaban J connectivity index is 1.36. The van der Waals surface area contributed by atoms with Gasteiger partial charge >= 0.3 is 0 Å². The topological polar surface area (TPSA) is 37.8 Å². The summed E-state index contributed by atoms with van der Waals surface area (Å²) in [5.41, 5.74) is 7.37. The van der Waals surface area contributed by atoms with Crippen molar-refractivity contribution in [2.24, 2.45) is 0 Å². The Labute approximate surface area is 213 Å². The van der Waals surface area contributed by atoms with Gasteiger partial charge in [0.1, 0.15) is 17.2 Å². The largest absolute Gasteiger partial charge is 0.457 e. The molecule has 0 saturated heterocycles. The Kier molecular flexibility index (Phi) is 6.09.